The van der Waals surface area contributed by atoms with Gasteiger partial charge in [-0.05, 0) is 37.3 Å². The first kappa shape index (κ1) is 16.7. The molecule has 1 amide bonds. The molecule has 0 radical (unpaired) electrons. The van der Waals surface area contributed by atoms with Gasteiger partial charge in [0.15, 0.2) is 5.75 Å². The second kappa shape index (κ2) is 7.08. The molecule has 8 heteroatoms. The molecule has 8 nitrogen and oxygen atoms in total. The predicted octanol–water partition coefficient (Wildman–Crippen LogP) is 2.02. The van der Waals surface area contributed by atoms with Crippen LogP contribution < -0.4 is 0 Å². The number of hydrogen-bond donors (Lipinski definition) is 2. The Morgan fingerprint density at radius 2 is 2.13 bits per heavy atom. The molecule has 2 rings (SSSR count). The number of carbonyl (C=O) groups is 2. The number of nitrogens with zero attached hydrogens (tertiary/aromatic N) is 2. The Kier molecular flexibility index (Phi) is 5.15. The van der Waals surface area contributed by atoms with Crippen molar-refractivity contribution in [3.63, 3.8) is 0 Å². The van der Waals surface area contributed by atoms with E-state index in [1.807, 2.05) is 0 Å². The summed E-state index contributed by atoms with van der Waals surface area (Å²) in [5.41, 5.74) is -0.258. The zero-order valence-corrected chi connectivity index (χ0v) is 12.5. The van der Waals surface area contributed by atoms with Gasteiger partial charge < -0.3 is 15.1 Å². The van der Waals surface area contributed by atoms with Gasteiger partial charge in [0.2, 0.25) is 0 Å². The number of hydrogen-bond acceptors (Lipinski definition) is 5. The number of benzene rings is 1. The molecule has 124 valence electrons. The molecule has 1 aliphatic heterocycles. The molecule has 1 heterocycles. The van der Waals surface area contributed by atoms with E-state index in [0.717, 1.165) is 25.0 Å². The third-order valence-electron chi connectivity index (χ3n) is 3.99. The van der Waals surface area contributed by atoms with Crippen LogP contribution in [-0.2, 0) is 4.79 Å². The smallest absolute Gasteiger partial charge is 0.310 e. The summed E-state index contributed by atoms with van der Waals surface area (Å²) >= 11 is 0. The lowest BCUT2D eigenvalue weighted by Gasteiger charge is -2.32. The Morgan fingerprint density at radius 3 is 2.74 bits per heavy atom. The largest absolute Gasteiger partial charge is 0.502 e. The lowest BCUT2D eigenvalue weighted by Crippen LogP contribution is -2.40. The van der Waals surface area contributed by atoms with Crippen molar-refractivity contribution in [3.05, 3.63) is 33.9 Å². The van der Waals surface area contributed by atoms with Crippen molar-refractivity contribution in [2.45, 2.75) is 25.7 Å². The van der Waals surface area contributed by atoms with Crippen LogP contribution in [0, 0.1) is 16.0 Å². The van der Waals surface area contributed by atoms with E-state index in [-0.39, 0.29) is 23.8 Å². The van der Waals surface area contributed by atoms with Crippen molar-refractivity contribution < 1.29 is 24.7 Å². The number of nitro groups is 1. The van der Waals surface area contributed by atoms with Crippen LogP contribution in [0.2, 0.25) is 0 Å². The van der Waals surface area contributed by atoms with Crippen LogP contribution in [-0.4, -0.2) is 45.0 Å². The molecule has 1 aromatic carbocycles. The summed E-state index contributed by atoms with van der Waals surface area (Å²) in [4.78, 5) is 34.7. The second-order valence-electron chi connectivity index (χ2n) is 5.65. The molecule has 1 saturated heterocycles. The molecule has 0 bridgehead atoms. The quantitative estimate of drug-likeness (QED) is 0.632. The minimum Gasteiger partial charge on any atom is -0.502 e. The van der Waals surface area contributed by atoms with E-state index in [1.165, 1.54) is 6.07 Å². The number of carboxylic acid groups (broad SMARTS) is 1. The maximum Gasteiger partial charge on any atom is 0.310 e. The second-order valence-corrected chi connectivity index (χ2v) is 5.65. The number of aromatic hydroxyl groups is 1. The van der Waals surface area contributed by atoms with Crippen LogP contribution >= 0.6 is 0 Å². The molecule has 1 unspecified atom stereocenters. The Morgan fingerprint density at radius 1 is 1.39 bits per heavy atom. The highest BCUT2D eigenvalue weighted by Crippen LogP contribution is 2.28. The van der Waals surface area contributed by atoms with Gasteiger partial charge >= 0.3 is 11.7 Å². The highest BCUT2D eigenvalue weighted by molar-refractivity contribution is 5.95. The van der Waals surface area contributed by atoms with E-state index in [2.05, 4.69) is 0 Å². The summed E-state index contributed by atoms with van der Waals surface area (Å²) in [5, 5.41) is 29.0. The average molecular weight is 322 g/mol. The summed E-state index contributed by atoms with van der Waals surface area (Å²) in [6.07, 6.45) is 2.26. The van der Waals surface area contributed by atoms with E-state index in [0.29, 0.717) is 19.5 Å². The van der Waals surface area contributed by atoms with Gasteiger partial charge in [-0.1, -0.05) is 0 Å². The SMILES string of the molecule is O=C(O)CCC1CCCN(C(=O)c2ccc([N+](=O)[O-])c(O)c2)C1. The number of carbonyl (C=O) groups excluding carboxylic acids is 1. The zero-order valence-electron chi connectivity index (χ0n) is 12.5. The average Bonchev–Trinajstić information content (AvgIpc) is 2.52. The lowest BCUT2D eigenvalue weighted by molar-refractivity contribution is -0.385. The first-order chi connectivity index (χ1) is 10.9. The lowest BCUT2D eigenvalue weighted by atomic mass is 9.93. The van der Waals surface area contributed by atoms with Crippen LogP contribution in [0.5, 0.6) is 5.75 Å². The topological polar surface area (TPSA) is 121 Å². The van der Waals surface area contributed by atoms with Gasteiger partial charge in [-0.3, -0.25) is 19.7 Å². The third kappa shape index (κ3) is 4.18. The van der Waals surface area contributed by atoms with E-state index in [9.17, 15) is 24.8 Å². The first-order valence-electron chi connectivity index (χ1n) is 7.37. The number of nitro benzene ring substituents is 1. The molecule has 0 saturated carbocycles. The molecule has 1 atom stereocenters. The zero-order chi connectivity index (χ0) is 17.0. The summed E-state index contributed by atoms with van der Waals surface area (Å²) in [6, 6.07) is 3.52. The highest BCUT2D eigenvalue weighted by atomic mass is 16.6. The standard InChI is InChI=1S/C15H18N2O6/c18-13-8-11(4-5-12(13)17(22)23)15(21)16-7-1-2-10(9-16)3-6-14(19)20/h4-5,8,10,18H,1-3,6-7,9H2,(H,19,20). The van der Waals surface area contributed by atoms with Crippen molar-refractivity contribution >= 4 is 17.6 Å². The van der Waals surface area contributed by atoms with Gasteiger partial charge in [0, 0.05) is 31.1 Å². The minimum absolute atomic E-state index is 0.0744. The monoisotopic (exact) mass is 322 g/mol. The highest BCUT2D eigenvalue weighted by Gasteiger charge is 2.26. The van der Waals surface area contributed by atoms with Gasteiger partial charge in [0.05, 0.1) is 4.92 Å². The third-order valence-corrected chi connectivity index (χ3v) is 3.99. The number of piperidine rings is 1. The fourth-order valence-corrected chi connectivity index (χ4v) is 2.81. The van der Waals surface area contributed by atoms with Gasteiger partial charge in [-0.15, -0.1) is 0 Å². The normalized spacial score (nSPS) is 17.7. The molecule has 23 heavy (non-hydrogen) atoms. The first-order valence-corrected chi connectivity index (χ1v) is 7.37. The van der Waals surface area contributed by atoms with E-state index in [1.54, 1.807) is 4.90 Å². The molecule has 1 aliphatic rings. The Hall–Kier alpha value is -2.64. The number of aliphatic carboxylic acids is 1. The van der Waals surface area contributed by atoms with Crippen molar-refractivity contribution in [2.75, 3.05) is 13.1 Å². The molecule has 1 aromatic rings. The maximum absolute atomic E-state index is 12.4. The van der Waals surface area contributed by atoms with E-state index in [4.69, 9.17) is 5.11 Å². The minimum atomic E-state index is -0.853. The Balaban J connectivity index is 2.06. The molecule has 2 N–H and O–H groups in total. The van der Waals surface area contributed by atoms with Gasteiger partial charge in [0.25, 0.3) is 5.91 Å². The van der Waals surface area contributed by atoms with E-state index < -0.39 is 22.3 Å². The number of phenolic OH excluding ortho intramolecular Hbond substituents is 1. The number of rotatable bonds is 5. The fourth-order valence-electron chi connectivity index (χ4n) is 2.81. The van der Waals surface area contributed by atoms with Crippen LogP contribution in [0.25, 0.3) is 0 Å². The molecule has 1 fully saturated rings. The summed E-state index contributed by atoms with van der Waals surface area (Å²) < 4.78 is 0. The summed E-state index contributed by atoms with van der Waals surface area (Å²) in [6.45, 7) is 1.02. The van der Waals surface area contributed by atoms with Gasteiger partial charge in [-0.25, -0.2) is 0 Å². The summed E-state index contributed by atoms with van der Waals surface area (Å²) in [7, 11) is 0. The van der Waals surface area contributed by atoms with Crippen LogP contribution in [0.4, 0.5) is 5.69 Å². The Bertz CT molecular complexity index is 630. The van der Waals surface area contributed by atoms with E-state index >= 15 is 0 Å². The van der Waals surface area contributed by atoms with Crippen LogP contribution in [0.15, 0.2) is 18.2 Å². The molecule has 0 aromatic heterocycles. The fraction of sp³-hybridized carbons (Fsp3) is 0.467. The molecular weight excluding hydrogens is 304 g/mol. The molecular formula is C15H18N2O6. The van der Waals surface area contributed by atoms with Crippen LogP contribution in [0.3, 0.4) is 0 Å². The van der Waals surface area contributed by atoms with Crippen molar-refractivity contribution in [1.29, 1.82) is 0 Å². The van der Waals surface area contributed by atoms with Crippen molar-refractivity contribution in [3.8, 4) is 5.75 Å². The maximum atomic E-state index is 12.4. The predicted molar refractivity (Wildman–Crippen MR) is 80.3 cm³/mol. The van der Waals surface area contributed by atoms with Crippen molar-refractivity contribution in [1.82, 2.24) is 4.90 Å². The summed E-state index contributed by atoms with van der Waals surface area (Å²) in [5.74, 6) is -1.57. The van der Waals surface area contributed by atoms with Gasteiger partial charge in [0.1, 0.15) is 0 Å². The van der Waals surface area contributed by atoms with Gasteiger partial charge in [-0.2, -0.15) is 0 Å². The van der Waals surface area contributed by atoms with Crippen molar-refractivity contribution in [2.24, 2.45) is 5.92 Å². The Labute approximate surface area is 132 Å². The number of phenols is 1. The number of amides is 1. The number of carboxylic acids is 1. The molecule has 0 aliphatic carbocycles. The van der Waals surface area contributed by atoms with Crippen LogP contribution in [0.1, 0.15) is 36.0 Å². The molecule has 0 spiro atoms. The number of likely N-dealkylation sites (tertiary alicyclic amines) is 1.